The molecule has 0 spiro atoms. The van der Waals surface area contributed by atoms with Crippen LogP contribution < -0.4 is 4.90 Å². The Morgan fingerprint density at radius 3 is 2.83 bits per heavy atom. The number of nitrogens with zero attached hydrogens (tertiary/aromatic N) is 7. The van der Waals surface area contributed by atoms with E-state index in [1.165, 1.54) is 23.4 Å². The Morgan fingerprint density at radius 2 is 2.00 bits per heavy atom. The summed E-state index contributed by atoms with van der Waals surface area (Å²) in [7, 11) is 0. The predicted octanol–water partition coefficient (Wildman–Crippen LogP) is 3.13. The number of piperidine rings is 1. The molecular formula is C21H31N7OS. The van der Waals surface area contributed by atoms with Gasteiger partial charge in [0.2, 0.25) is 0 Å². The average Bonchev–Trinajstić information content (AvgIpc) is 3.45. The molecule has 0 N–H and O–H groups in total. The largest absolute Gasteiger partial charge is 0.378 e. The Hall–Kier alpha value is -2.10. The van der Waals surface area contributed by atoms with E-state index in [2.05, 4.69) is 35.9 Å². The lowest BCUT2D eigenvalue weighted by Gasteiger charge is -2.32. The molecule has 9 heteroatoms. The van der Waals surface area contributed by atoms with E-state index in [9.17, 15) is 0 Å². The van der Waals surface area contributed by atoms with Crippen molar-refractivity contribution < 1.29 is 4.74 Å². The van der Waals surface area contributed by atoms with Crippen molar-refractivity contribution >= 4 is 22.2 Å². The second kappa shape index (κ2) is 9.80. The zero-order valence-corrected chi connectivity index (χ0v) is 18.9. The van der Waals surface area contributed by atoms with Crippen LogP contribution in [-0.2, 0) is 11.3 Å². The fourth-order valence-corrected chi connectivity index (χ4v) is 5.19. The number of anilines is 1. The Labute approximate surface area is 181 Å². The van der Waals surface area contributed by atoms with Crippen molar-refractivity contribution in [3.05, 3.63) is 34.9 Å². The van der Waals surface area contributed by atoms with Gasteiger partial charge >= 0.3 is 0 Å². The van der Waals surface area contributed by atoms with Gasteiger partial charge in [-0.15, -0.1) is 11.3 Å². The molecule has 1 unspecified atom stereocenters. The van der Waals surface area contributed by atoms with E-state index in [1.807, 2.05) is 42.8 Å². The fraction of sp³-hybridized carbons (Fsp3) is 0.619. The molecule has 0 amide bonds. The first kappa shape index (κ1) is 21.1. The third-order valence-corrected chi connectivity index (χ3v) is 6.58. The number of rotatable bonds is 4. The molecule has 2 aliphatic rings. The minimum Gasteiger partial charge on any atom is -0.378 e. The second-order valence-corrected chi connectivity index (χ2v) is 8.67. The molecule has 5 heterocycles. The first-order valence-corrected chi connectivity index (χ1v) is 11.7. The van der Waals surface area contributed by atoms with Gasteiger partial charge in [0.05, 0.1) is 18.9 Å². The van der Waals surface area contributed by atoms with Crippen molar-refractivity contribution in [2.75, 3.05) is 44.3 Å². The summed E-state index contributed by atoms with van der Waals surface area (Å²) >= 11 is 1.82. The van der Waals surface area contributed by atoms with Gasteiger partial charge in [0.25, 0.3) is 5.78 Å². The Kier molecular flexibility index (Phi) is 6.91. The topological polar surface area (TPSA) is 71.7 Å². The molecule has 30 heavy (non-hydrogen) atoms. The van der Waals surface area contributed by atoms with Gasteiger partial charge in [0.1, 0.15) is 6.33 Å². The van der Waals surface area contributed by atoms with Crippen molar-refractivity contribution in [1.82, 2.24) is 29.5 Å². The number of aryl methyl sites for hydroxylation is 1. The van der Waals surface area contributed by atoms with Crippen molar-refractivity contribution in [1.29, 1.82) is 0 Å². The van der Waals surface area contributed by atoms with Crippen molar-refractivity contribution in [3.63, 3.8) is 0 Å². The Bertz CT molecular complexity index is 950. The van der Waals surface area contributed by atoms with Gasteiger partial charge < -0.3 is 9.64 Å². The highest BCUT2D eigenvalue weighted by molar-refractivity contribution is 7.15. The van der Waals surface area contributed by atoms with Crippen LogP contribution in [0, 0.1) is 6.92 Å². The van der Waals surface area contributed by atoms with Crippen LogP contribution in [0.1, 0.15) is 48.9 Å². The highest BCUT2D eigenvalue weighted by atomic mass is 32.1. The van der Waals surface area contributed by atoms with Gasteiger partial charge in [-0.25, -0.2) is 14.5 Å². The molecule has 0 saturated carbocycles. The molecule has 8 nitrogen and oxygen atoms in total. The van der Waals surface area contributed by atoms with Crippen molar-refractivity contribution in [2.24, 2.45) is 0 Å². The summed E-state index contributed by atoms with van der Waals surface area (Å²) in [6.07, 6.45) is 6.01. The molecule has 0 radical (unpaired) electrons. The van der Waals surface area contributed by atoms with Gasteiger partial charge in [-0.05, 0) is 32.4 Å². The van der Waals surface area contributed by atoms with E-state index < -0.39 is 0 Å². The molecule has 5 rings (SSSR count). The van der Waals surface area contributed by atoms with E-state index in [0.29, 0.717) is 11.7 Å². The highest BCUT2D eigenvalue weighted by Crippen LogP contribution is 2.30. The SMILES string of the molecule is CC.Cc1cc(C2CCCN(Cc3cnc(N4CCOCC4)s3)C2)n2ncnc2n1. The van der Waals surface area contributed by atoms with Gasteiger partial charge in [0.15, 0.2) is 5.13 Å². The lowest BCUT2D eigenvalue weighted by molar-refractivity contribution is 0.122. The third kappa shape index (κ3) is 4.63. The van der Waals surface area contributed by atoms with Gasteiger partial charge in [-0.3, -0.25) is 4.90 Å². The summed E-state index contributed by atoms with van der Waals surface area (Å²) in [6.45, 7) is 12.6. The molecule has 2 aliphatic heterocycles. The molecule has 3 aromatic heterocycles. The van der Waals surface area contributed by atoms with Crippen LogP contribution in [0.15, 0.2) is 18.6 Å². The van der Waals surface area contributed by atoms with E-state index in [-0.39, 0.29) is 0 Å². The standard InChI is InChI=1S/C19H25N7OS.C2H6/c1-14-9-17(26-18(23-14)21-13-22-26)15-3-2-4-24(11-15)12-16-10-20-19(28-16)25-5-7-27-8-6-25;1-2/h9-10,13,15H,2-8,11-12H2,1H3;1-2H3. The first-order valence-electron chi connectivity index (χ1n) is 10.9. The van der Waals surface area contributed by atoms with Crippen LogP contribution in [0.2, 0.25) is 0 Å². The predicted molar refractivity (Wildman–Crippen MR) is 119 cm³/mol. The van der Waals surface area contributed by atoms with Crippen molar-refractivity contribution in [2.45, 2.75) is 46.1 Å². The van der Waals surface area contributed by atoms with E-state index in [4.69, 9.17) is 4.74 Å². The summed E-state index contributed by atoms with van der Waals surface area (Å²) in [6, 6.07) is 2.17. The number of thiazole rings is 1. The van der Waals surface area contributed by atoms with E-state index in [0.717, 1.165) is 56.8 Å². The maximum atomic E-state index is 5.45. The highest BCUT2D eigenvalue weighted by Gasteiger charge is 2.25. The molecule has 2 saturated heterocycles. The van der Waals surface area contributed by atoms with Gasteiger partial charge in [-0.2, -0.15) is 10.1 Å². The summed E-state index contributed by atoms with van der Waals surface area (Å²) in [4.78, 5) is 19.6. The lowest BCUT2D eigenvalue weighted by Crippen LogP contribution is -2.36. The first-order chi connectivity index (χ1) is 14.8. The minimum atomic E-state index is 0.450. The number of hydrogen-bond donors (Lipinski definition) is 0. The zero-order valence-electron chi connectivity index (χ0n) is 18.1. The zero-order chi connectivity index (χ0) is 20.9. The van der Waals surface area contributed by atoms with Gasteiger partial charge in [0, 0.05) is 48.9 Å². The smallest absolute Gasteiger partial charge is 0.252 e. The minimum absolute atomic E-state index is 0.450. The van der Waals surface area contributed by atoms with Crippen LogP contribution >= 0.6 is 11.3 Å². The fourth-order valence-electron chi connectivity index (χ4n) is 4.18. The van der Waals surface area contributed by atoms with Crippen LogP contribution in [0.4, 0.5) is 5.13 Å². The van der Waals surface area contributed by atoms with Crippen LogP contribution in [0.25, 0.3) is 5.78 Å². The quantitative estimate of drug-likeness (QED) is 0.631. The summed E-state index contributed by atoms with van der Waals surface area (Å²) in [5, 5.41) is 5.53. The average molecular weight is 430 g/mol. The molecule has 0 aromatic carbocycles. The Balaban J connectivity index is 0.00000106. The lowest BCUT2D eigenvalue weighted by atomic mass is 9.94. The monoisotopic (exact) mass is 429 g/mol. The number of morpholine rings is 1. The molecule has 1 atom stereocenters. The number of fused-ring (bicyclic) bond motifs is 1. The second-order valence-electron chi connectivity index (χ2n) is 7.58. The van der Waals surface area contributed by atoms with E-state index in [1.54, 1.807) is 6.33 Å². The number of aromatic nitrogens is 5. The molecule has 162 valence electrons. The summed E-state index contributed by atoms with van der Waals surface area (Å²) in [5.74, 6) is 1.15. The molecule has 2 fully saturated rings. The maximum Gasteiger partial charge on any atom is 0.252 e. The molecule has 0 bridgehead atoms. The van der Waals surface area contributed by atoms with E-state index >= 15 is 0 Å². The number of likely N-dealkylation sites (tertiary alicyclic amines) is 1. The maximum absolute atomic E-state index is 5.45. The number of hydrogen-bond acceptors (Lipinski definition) is 8. The van der Waals surface area contributed by atoms with Crippen molar-refractivity contribution in [3.8, 4) is 0 Å². The molecule has 3 aromatic rings. The van der Waals surface area contributed by atoms with Gasteiger partial charge in [-0.1, -0.05) is 13.8 Å². The summed E-state index contributed by atoms with van der Waals surface area (Å²) in [5.41, 5.74) is 2.23. The third-order valence-electron chi connectivity index (χ3n) is 5.53. The van der Waals surface area contributed by atoms with Crippen LogP contribution in [-0.4, -0.2) is 68.9 Å². The summed E-state index contributed by atoms with van der Waals surface area (Å²) < 4.78 is 7.35. The van der Waals surface area contributed by atoms with Crippen LogP contribution in [0.5, 0.6) is 0 Å². The molecular weight excluding hydrogens is 398 g/mol. The Morgan fingerprint density at radius 1 is 1.17 bits per heavy atom. The normalized spacial score (nSPS) is 20.2. The van der Waals surface area contributed by atoms with Crippen LogP contribution in [0.3, 0.4) is 0 Å². The number of ether oxygens (including phenoxy) is 1. The molecule has 0 aliphatic carbocycles.